The van der Waals surface area contributed by atoms with Gasteiger partial charge in [-0.2, -0.15) is 4.98 Å². The highest BCUT2D eigenvalue weighted by Crippen LogP contribution is 2.39. The maximum Gasteiger partial charge on any atom is 0.373 e. The number of ether oxygens (including phenoxy) is 3. The molecule has 0 radical (unpaired) electrons. The molecule has 3 rings (SSSR count). The summed E-state index contributed by atoms with van der Waals surface area (Å²) >= 11 is 0. The van der Waals surface area contributed by atoms with Crippen LogP contribution >= 0.6 is 0 Å². The van der Waals surface area contributed by atoms with Crippen LogP contribution < -0.4 is 14.4 Å². The standard InChI is InChI=1S/C19H22N4O6/c1-3-28-19(24)13-8-10-22(11-9-13)17-16(23(25)26)18(21-12-20-17)29-15-7-5-4-6-14(15)27-2/h4-7,12-13H,3,8-11H2,1-2H3. The van der Waals surface area contributed by atoms with Crippen molar-refractivity contribution in [2.24, 2.45) is 5.92 Å². The van der Waals surface area contributed by atoms with E-state index in [1.54, 1.807) is 36.1 Å². The van der Waals surface area contributed by atoms with Gasteiger partial charge in [0, 0.05) is 13.1 Å². The Labute approximate surface area is 167 Å². The minimum Gasteiger partial charge on any atom is -0.493 e. The number of piperidine rings is 1. The molecule has 10 heteroatoms. The number of anilines is 1. The Kier molecular flexibility index (Phi) is 6.43. The average Bonchev–Trinajstić information content (AvgIpc) is 2.74. The van der Waals surface area contributed by atoms with E-state index < -0.39 is 4.92 Å². The SMILES string of the molecule is CCOC(=O)C1CCN(c2ncnc(Oc3ccccc3OC)c2[N+](=O)[O-])CC1. The summed E-state index contributed by atoms with van der Waals surface area (Å²) in [4.78, 5) is 33.0. The van der Waals surface area contributed by atoms with E-state index in [0.717, 1.165) is 0 Å². The van der Waals surface area contributed by atoms with Crippen molar-refractivity contribution in [3.63, 3.8) is 0 Å². The highest BCUT2D eigenvalue weighted by Gasteiger charge is 2.33. The minimum absolute atomic E-state index is 0.164. The van der Waals surface area contributed by atoms with Crippen LogP contribution in [0.1, 0.15) is 19.8 Å². The molecular formula is C19H22N4O6. The van der Waals surface area contributed by atoms with Gasteiger partial charge in [-0.3, -0.25) is 14.9 Å². The smallest absolute Gasteiger partial charge is 0.373 e. The van der Waals surface area contributed by atoms with Gasteiger partial charge in [-0.1, -0.05) is 12.1 Å². The molecule has 0 spiro atoms. The normalized spacial score (nSPS) is 14.3. The van der Waals surface area contributed by atoms with E-state index in [-0.39, 0.29) is 29.3 Å². The summed E-state index contributed by atoms with van der Waals surface area (Å²) in [6.45, 7) is 2.98. The summed E-state index contributed by atoms with van der Waals surface area (Å²) in [6, 6.07) is 6.81. The van der Waals surface area contributed by atoms with Gasteiger partial charge in [0.25, 0.3) is 0 Å². The minimum atomic E-state index is -0.558. The lowest BCUT2D eigenvalue weighted by atomic mass is 9.97. The van der Waals surface area contributed by atoms with Crippen LogP contribution in [-0.4, -0.2) is 47.7 Å². The number of methoxy groups -OCH3 is 1. The van der Waals surface area contributed by atoms with Crippen LogP contribution in [-0.2, 0) is 9.53 Å². The molecule has 0 amide bonds. The van der Waals surface area contributed by atoms with Crippen LogP contribution in [0.25, 0.3) is 0 Å². The van der Waals surface area contributed by atoms with Gasteiger partial charge in [0.2, 0.25) is 5.82 Å². The summed E-state index contributed by atoms with van der Waals surface area (Å²) in [6.07, 6.45) is 2.29. The fraction of sp³-hybridized carbons (Fsp3) is 0.421. The molecule has 29 heavy (non-hydrogen) atoms. The lowest BCUT2D eigenvalue weighted by Gasteiger charge is -2.31. The molecule has 10 nitrogen and oxygen atoms in total. The number of benzene rings is 1. The van der Waals surface area contributed by atoms with Crippen LogP contribution in [0.4, 0.5) is 11.5 Å². The van der Waals surface area contributed by atoms with Crippen molar-refractivity contribution in [1.29, 1.82) is 0 Å². The summed E-state index contributed by atoms with van der Waals surface area (Å²) < 4.78 is 16.0. The Morgan fingerprint density at radius 3 is 2.55 bits per heavy atom. The zero-order valence-corrected chi connectivity index (χ0v) is 16.2. The lowest BCUT2D eigenvalue weighted by Crippen LogP contribution is -2.37. The molecule has 0 unspecified atom stereocenters. The van der Waals surface area contributed by atoms with Crippen LogP contribution in [0, 0.1) is 16.0 Å². The molecule has 1 fully saturated rings. The van der Waals surface area contributed by atoms with Crippen molar-refractivity contribution >= 4 is 17.5 Å². The molecule has 2 aromatic rings. The van der Waals surface area contributed by atoms with E-state index in [4.69, 9.17) is 14.2 Å². The first kappa shape index (κ1) is 20.3. The third-order valence-corrected chi connectivity index (χ3v) is 4.64. The topological polar surface area (TPSA) is 117 Å². The molecule has 0 aliphatic carbocycles. The zero-order chi connectivity index (χ0) is 20.8. The molecule has 2 heterocycles. The summed E-state index contributed by atoms with van der Waals surface area (Å²) in [5, 5.41) is 11.8. The van der Waals surface area contributed by atoms with Crippen molar-refractivity contribution in [1.82, 2.24) is 9.97 Å². The number of hydrogen-bond donors (Lipinski definition) is 0. The van der Waals surface area contributed by atoms with Crippen LogP contribution in [0.15, 0.2) is 30.6 Å². The van der Waals surface area contributed by atoms with Gasteiger partial charge in [0.15, 0.2) is 11.5 Å². The number of para-hydroxylation sites is 2. The average molecular weight is 402 g/mol. The summed E-state index contributed by atoms with van der Waals surface area (Å²) in [5.41, 5.74) is -0.326. The Bertz CT molecular complexity index is 883. The van der Waals surface area contributed by atoms with Crippen LogP contribution in [0.3, 0.4) is 0 Å². The predicted octanol–water partition coefficient (Wildman–Crippen LogP) is 2.97. The Balaban J connectivity index is 1.85. The van der Waals surface area contributed by atoms with Gasteiger partial charge in [-0.05, 0) is 31.9 Å². The number of carbonyl (C=O) groups excluding carboxylic acids is 1. The molecule has 1 aliphatic rings. The first-order valence-corrected chi connectivity index (χ1v) is 9.27. The number of nitrogens with zero attached hydrogens (tertiary/aromatic N) is 4. The quantitative estimate of drug-likeness (QED) is 0.391. The Morgan fingerprint density at radius 1 is 1.24 bits per heavy atom. The van der Waals surface area contributed by atoms with E-state index in [2.05, 4.69) is 9.97 Å². The third-order valence-electron chi connectivity index (χ3n) is 4.64. The van der Waals surface area contributed by atoms with Crippen LogP contribution in [0.5, 0.6) is 17.4 Å². The van der Waals surface area contributed by atoms with E-state index in [0.29, 0.717) is 44.0 Å². The van der Waals surface area contributed by atoms with Gasteiger partial charge in [0.1, 0.15) is 6.33 Å². The molecule has 0 saturated carbocycles. The van der Waals surface area contributed by atoms with E-state index in [9.17, 15) is 14.9 Å². The van der Waals surface area contributed by atoms with Crippen molar-refractivity contribution in [2.45, 2.75) is 19.8 Å². The largest absolute Gasteiger partial charge is 0.493 e. The second-order valence-electron chi connectivity index (χ2n) is 6.37. The van der Waals surface area contributed by atoms with Gasteiger partial charge in [0.05, 0.1) is 24.6 Å². The van der Waals surface area contributed by atoms with Gasteiger partial charge in [-0.15, -0.1) is 0 Å². The molecule has 1 saturated heterocycles. The maximum atomic E-state index is 11.9. The molecule has 154 valence electrons. The highest BCUT2D eigenvalue weighted by molar-refractivity contribution is 5.73. The fourth-order valence-electron chi connectivity index (χ4n) is 3.21. The van der Waals surface area contributed by atoms with Crippen molar-refractivity contribution < 1.29 is 23.9 Å². The second-order valence-corrected chi connectivity index (χ2v) is 6.37. The van der Waals surface area contributed by atoms with Gasteiger partial charge < -0.3 is 19.1 Å². The number of nitro groups is 1. The molecule has 1 aromatic carbocycles. The maximum absolute atomic E-state index is 11.9. The second kappa shape index (κ2) is 9.18. The fourth-order valence-corrected chi connectivity index (χ4v) is 3.21. The first-order valence-electron chi connectivity index (χ1n) is 9.27. The molecular weight excluding hydrogens is 380 g/mol. The van der Waals surface area contributed by atoms with E-state index in [1.807, 2.05) is 0 Å². The Morgan fingerprint density at radius 2 is 1.93 bits per heavy atom. The number of aromatic nitrogens is 2. The molecule has 0 bridgehead atoms. The number of hydrogen-bond acceptors (Lipinski definition) is 9. The van der Waals surface area contributed by atoms with E-state index >= 15 is 0 Å². The van der Waals surface area contributed by atoms with Crippen LogP contribution in [0.2, 0.25) is 0 Å². The van der Waals surface area contributed by atoms with Crippen molar-refractivity contribution in [2.75, 3.05) is 31.7 Å². The zero-order valence-electron chi connectivity index (χ0n) is 16.2. The third kappa shape index (κ3) is 4.53. The number of esters is 1. The summed E-state index contributed by atoms with van der Waals surface area (Å²) in [7, 11) is 1.48. The number of rotatable bonds is 7. The molecule has 0 atom stereocenters. The Hall–Kier alpha value is -3.43. The van der Waals surface area contributed by atoms with Gasteiger partial charge in [-0.25, -0.2) is 4.98 Å². The molecule has 0 N–H and O–H groups in total. The molecule has 1 aliphatic heterocycles. The van der Waals surface area contributed by atoms with Crippen molar-refractivity contribution in [3.8, 4) is 17.4 Å². The lowest BCUT2D eigenvalue weighted by molar-refractivity contribution is -0.385. The highest BCUT2D eigenvalue weighted by atomic mass is 16.6. The van der Waals surface area contributed by atoms with Gasteiger partial charge >= 0.3 is 17.5 Å². The summed E-state index contributed by atoms with van der Waals surface area (Å²) in [5.74, 6) is 0.288. The van der Waals surface area contributed by atoms with Crippen molar-refractivity contribution in [3.05, 3.63) is 40.7 Å². The predicted molar refractivity (Wildman–Crippen MR) is 103 cm³/mol. The molecule has 1 aromatic heterocycles. The monoisotopic (exact) mass is 402 g/mol. The first-order chi connectivity index (χ1) is 14.0. The number of carbonyl (C=O) groups is 1. The van der Waals surface area contributed by atoms with E-state index in [1.165, 1.54) is 13.4 Å².